The topological polar surface area (TPSA) is 9.23 Å². The van der Waals surface area contributed by atoms with Crippen LogP contribution >= 0.6 is 0 Å². The second-order valence-electron chi connectivity index (χ2n) is 5.63. The van der Waals surface area contributed by atoms with Crippen molar-refractivity contribution in [3.05, 3.63) is 48.6 Å². The average Bonchev–Trinajstić information content (AvgIpc) is 2.82. The van der Waals surface area contributed by atoms with Gasteiger partial charge in [-0.3, -0.25) is 0 Å². The number of benzene rings is 1. The third kappa shape index (κ3) is 3.94. The summed E-state index contributed by atoms with van der Waals surface area (Å²) in [6, 6.07) is 10.7. The summed E-state index contributed by atoms with van der Waals surface area (Å²) in [7, 11) is 0. The van der Waals surface area contributed by atoms with E-state index in [4.69, 9.17) is 4.74 Å². The fraction of sp³-hybridized carbons (Fsp3) is 0.556. The highest BCUT2D eigenvalue weighted by molar-refractivity contribution is 5.16. The molecule has 1 saturated heterocycles. The van der Waals surface area contributed by atoms with Crippen LogP contribution in [0.3, 0.4) is 0 Å². The molecule has 1 heteroatoms. The van der Waals surface area contributed by atoms with Crippen LogP contribution in [0, 0.1) is 11.8 Å². The molecule has 0 N–H and O–H groups in total. The van der Waals surface area contributed by atoms with Crippen molar-refractivity contribution in [1.82, 2.24) is 0 Å². The van der Waals surface area contributed by atoms with E-state index in [-0.39, 0.29) is 0 Å². The summed E-state index contributed by atoms with van der Waals surface area (Å²) >= 11 is 0. The Balaban J connectivity index is 1.90. The third-order valence-electron chi connectivity index (χ3n) is 4.20. The smallest absolute Gasteiger partial charge is 0.0641 e. The fourth-order valence-corrected chi connectivity index (χ4v) is 3.10. The zero-order valence-corrected chi connectivity index (χ0v) is 12.1. The molecule has 2 rings (SSSR count). The van der Waals surface area contributed by atoms with Crippen molar-refractivity contribution in [2.45, 2.75) is 45.1 Å². The number of ether oxygens (including phenoxy) is 1. The third-order valence-corrected chi connectivity index (χ3v) is 4.20. The van der Waals surface area contributed by atoms with Crippen molar-refractivity contribution >= 4 is 0 Å². The summed E-state index contributed by atoms with van der Waals surface area (Å²) in [6.45, 7) is 7.17. The number of rotatable bonds is 7. The summed E-state index contributed by atoms with van der Waals surface area (Å²) in [5.74, 6) is 1.13. The Kier molecular flexibility index (Phi) is 5.65. The van der Waals surface area contributed by atoms with Crippen LogP contribution in [0.15, 0.2) is 43.0 Å². The van der Waals surface area contributed by atoms with E-state index in [1.165, 1.54) is 31.2 Å². The molecule has 0 amide bonds. The first-order chi connectivity index (χ1) is 9.35. The molecule has 104 valence electrons. The van der Waals surface area contributed by atoms with Crippen LogP contribution in [0.4, 0.5) is 0 Å². The molecule has 1 aliphatic rings. The van der Waals surface area contributed by atoms with Gasteiger partial charge in [0.05, 0.1) is 12.7 Å². The van der Waals surface area contributed by atoms with E-state index in [9.17, 15) is 0 Å². The first kappa shape index (κ1) is 14.3. The van der Waals surface area contributed by atoms with Crippen LogP contribution in [-0.2, 0) is 11.2 Å². The van der Waals surface area contributed by atoms with Gasteiger partial charge in [0, 0.05) is 5.92 Å². The molecule has 0 aliphatic carbocycles. The zero-order valence-electron chi connectivity index (χ0n) is 12.1. The Morgan fingerprint density at radius 3 is 2.74 bits per heavy atom. The number of hydrogen-bond donors (Lipinski definition) is 0. The molecule has 0 unspecified atom stereocenters. The number of unbranched alkanes of at least 4 members (excludes halogenated alkanes) is 2. The minimum absolute atomic E-state index is 0.401. The van der Waals surface area contributed by atoms with Crippen LogP contribution in [0.5, 0.6) is 0 Å². The second kappa shape index (κ2) is 7.49. The molecule has 1 aromatic rings. The van der Waals surface area contributed by atoms with Crippen LogP contribution < -0.4 is 0 Å². The lowest BCUT2D eigenvalue weighted by atomic mass is 9.84. The Morgan fingerprint density at radius 2 is 2.05 bits per heavy atom. The average molecular weight is 258 g/mol. The van der Waals surface area contributed by atoms with Crippen molar-refractivity contribution in [2.24, 2.45) is 11.8 Å². The predicted molar refractivity (Wildman–Crippen MR) is 81.2 cm³/mol. The van der Waals surface area contributed by atoms with E-state index in [2.05, 4.69) is 49.9 Å². The van der Waals surface area contributed by atoms with Gasteiger partial charge in [-0.1, -0.05) is 62.6 Å². The molecular formula is C18H26O. The highest BCUT2D eigenvalue weighted by Crippen LogP contribution is 2.33. The van der Waals surface area contributed by atoms with Crippen LogP contribution in [-0.4, -0.2) is 12.7 Å². The lowest BCUT2D eigenvalue weighted by Gasteiger charge is -2.19. The van der Waals surface area contributed by atoms with Crippen LogP contribution in [0.2, 0.25) is 0 Å². The van der Waals surface area contributed by atoms with E-state index >= 15 is 0 Å². The zero-order chi connectivity index (χ0) is 13.5. The monoisotopic (exact) mass is 258 g/mol. The number of hydrogen-bond acceptors (Lipinski definition) is 1. The molecule has 1 fully saturated rings. The van der Waals surface area contributed by atoms with Crippen molar-refractivity contribution in [2.75, 3.05) is 6.61 Å². The molecule has 1 aromatic carbocycles. The second-order valence-corrected chi connectivity index (χ2v) is 5.63. The van der Waals surface area contributed by atoms with E-state index in [1.807, 2.05) is 0 Å². The van der Waals surface area contributed by atoms with E-state index in [1.54, 1.807) is 0 Å². The van der Waals surface area contributed by atoms with Crippen LogP contribution in [0.1, 0.15) is 38.2 Å². The van der Waals surface area contributed by atoms with Gasteiger partial charge in [0.2, 0.25) is 0 Å². The lowest BCUT2D eigenvalue weighted by molar-refractivity contribution is 0.0883. The predicted octanol–water partition coefficient (Wildman–Crippen LogP) is 4.63. The highest BCUT2D eigenvalue weighted by atomic mass is 16.5. The maximum Gasteiger partial charge on any atom is 0.0641 e. The Bertz CT molecular complexity index is 371. The summed E-state index contributed by atoms with van der Waals surface area (Å²) in [6.07, 6.45) is 8.70. The van der Waals surface area contributed by atoms with E-state index < -0.39 is 0 Å². The first-order valence-corrected chi connectivity index (χ1v) is 7.63. The maximum atomic E-state index is 6.02. The molecule has 19 heavy (non-hydrogen) atoms. The lowest BCUT2D eigenvalue weighted by Crippen LogP contribution is -2.19. The normalized spacial score (nSPS) is 26.5. The first-order valence-electron chi connectivity index (χ1n) is 7.63. The van der Waals surface area contributed by atoms with Gasteiger partial charge >= 0.3 is 0 Å². The van der Waals surface area contributed by atoms with Gasteiger partial charge in [-0.05, 0) is 24.3 Å². The molecule has 3 atom stereocenters. The standard InChI is InChI=1S/C18H26O/c1-3-5-7-12-18-17(4-2)16(14-19-18)13-15-10-8-6-9-11-15/h4,6,8-11,16-18H,2-3,5,7,12-14H2,1H3/t16-,17+,18+/m0/s1. The summed E-state index contributed by atoms with van der Waals surface area (Å²) in [5.41, 5.74) is 1.41. The quantitative estimate of drug-likeness (QED) is 0.512. The molecule has 0 saturated carbocycles. The van der Waals surface area contributed by atoms with Gasteiger partial charge in [0.15, 0.2) is 0 Å². The van der Waals surface area contributed by atoms with E-state index in [0.717, 1.165) is 13.0 Å². The molecule has 0 radical (unpaired) electrons. The van der Waals surface area contributed by atoms with E-state index in [0.29, 0.717) is 17.9 Å². The van der Waals surface area contributed by atoms with Crippen molar-refractivity contribution in [1.29, 1.82) is 0 Å². The molecule has 1 aliphatic heterocycles. The van der Waals surface area contributed by atoms with Gasteiger partial charge in [0.25, 0.3) is 0 Å². The van der Waals surface area contributed by atoms with Crippen molar-refractivity contribution < 1.29 is 4.74 Å². The Morgan fingerprint density at radius 1 is 1.26 bits per heavy atom. The Labute approximate surface area is 117 Å². The molecule has 0 bridgehead atoms. The minimum Gasteiger partial charge on any atom is -0.377 e. The SMILES string of the molecule is C=C[C@@H]1[C@@H](Cc2ccccc2)CO[C@@H]1CCCCC. The van der Waals surface area contributed by atoms with Gasteiger partial charge in [-0.2, -0.15) is 0 Å². The molecule has 0 spiro atoms. The maximum absolute atomic E-state index is 6.02. The molecule has 1 nitrogen and oxygen atoms in total. The fourth-order valence-electron chi connectivity index (χ4n) is 3.10. The molecule has 0 aromatic heterocycles. The largest absolute Gasteiger partial charge is 0.377 e. The van der Waals surface area contributed by atoms with Gasteiger partial charge in [-0.15, -0.1) is 6.58 Å². The van der Waals surface area contributed by atoms with Gasteiger partial charge in [0.1, 0.15) is 0 Å². The summed E-state index contributed by atoms with van der Waals surface area (Å²) in [4.78, 5) is 0. The van der Waals surface area contributed by atoms with Gasteiger partial charge in [-0.25, -0.2) is 0 Å². The summed E-state index contributed by atoms with van der Waals surface area (Å²) in [5, 5.41) is 0. The van der Waals surface area contributed by atoms with Gasteiger partial charge < -0.3 is 4.74 Å². The summed E-state index contributed by atoms with van der Waals surface area (Å²) < 4.78 is 6.02. The minimum atomic E-state index is 0.401. The van der Waals surface area contributed by atoms with Crippen LogP contribution in [0.25, 0.3) is 0 Å². The Hall–Kier alpha value is -1.08. The molecular weight excluding hydrogens is 232 g/mol. The molecule has 1 heterocycles. The van der Waals surface area contributed by atoms with Crippen molar-refractivity contribution in [3.8, 4) is 0 Å². The van der Waals surface area contributed by atoms with Crippen molar-refractivity contribution in [3.63, 3.8) is 0 Å². The highest BCUT2D eigenvalue weighted by Gasteiger charge is 2.34.